The second kappa shape index (κ2) is 4.70. The number of H-pyrrole nitrogens is 1. The van der Waals surface area contributed by atoms with Crippen molar-refractivity contribution >= 4 is 11.3 Å². The first-order valence-corrected chi connectivity index (χ1v) is 6.65. The van der Waals surface area contributed by atoms with Crippen LogP contribution in [0.2, 0.25) is 0 Å². The van der Waals surface area contributed by atoms with Crippen LogP contribution in [0.1, 0.15) is 12.5 Å². The minimum absolute atomic E-state index is 0.861. The predicted octanol–water partition coefficient (Wildman–Crippen LogP) is 3.16. The molecule has 0 aliphatic carbocycles. The Bertz CT molecular complexity index is 643. The quantitative estimate of drug-likeness (QED) is 0.783. The van der Waals surface area contributed by atoms with Gasteiger partial charge in [0.15, 0.2) is 5.01 Å². The highest BCUT2D eigenvalue weighted by atomic mass is 32.1. The number of hydrogen-bond donors (Lipinski definition) is 1. The summed E-state index contributed by atoms with van der Waals surface area (Å²) >= 11 is 1.50. The van der Waals surface area contributed by atoms with Gasteiger partial charge in [-0.25, -0.2) is 4.98 Å². The van der Waals surface area contributed by atoms with E-state index in [0.717, 1.165) is 28.5 Å². The Balaban J connectivity index is 1.97. The number of hydrogen-bond acceptors (Lipinski definition) is 4. The summed E-state index contributed by atoms with van der Waals surface area (Å²) in [5.74, 6) is 0.871. The third-order valence-electron chi connectivity index (χ3n) is 2.77. The Morgan fingerprint density at radius 3 is 3.06 bits per heavy atom. The molecule has 4 nitrogen and oxygen atoms in total. The van der Waals surface area contributed by atoms with Gasteiger partial charge in [-0.3, -0.25) is 0 Å². The molecule has 3 rings (SSSR count). The molecule has 0 atom stereocenters. The lowest BCUT2D eigenvalue weighted by Crippen LogP contribution is -1.84. The summed E-state index contributed by atoms with van der Waals surface area (Å²) < 4.78 is 0. The molecule has 0 radical (unpaired) electrons. The average molecular weight is 256 g/mol. The normalized spacial score (nSPS) is 10.7. The number of aromatic amines is 1. The molecule has 0 fully saturated rings. The number of imidazole rings is 1. The van der Waals surface area contributed by atoms with Gasteiger partial charge in [0.25, 0.3) is 0 Å². The number of rotatable bonds is 3. The maximum absolute atomic E-state index is 4.40. The summed E-state index contributed by atoms with van der Waals surface area (Å²) in [5, 5.41) is 8.71. The molecule has 2 aromatic heterocycles. The number of aryl methyl sites for hydroxylation is 1. The lowest BCUT2D eigenvalue weighted by Gasteiger charge is -2.00. The van der Waals surface area contributed by atoms with Crippen molar-refractivity contribution in [3.05, 3.63) is 41.5 Å². The van der Waals surface area contributed by atoms with E-state index in [1.807, 2.05) is 0 Å². The molecule has 1 aromatic carbocycles. The van der Waals surface area contributed by atoms with Crippen LogP contribution in [0.5, 0.6) is 0 Å². The van der Waals surface area contributed by atoms with E-state index in [1.165, 1.54) is 16.9 Å². The van der Waals surface area contributed by atoms with Crippen LogP contribution in [0.4, 0.5) is 0 Å². The molecule has 0 unspecified atom stereocenters. The highest BCUT2D eigenvalue weighted by molar-refractivity contribution is 7.12. The van der Waals surface area contributed by atoms with Gasteiger partial charge in [-0.15, -0.1) is 10.2 Å². The van der Waals surface area contributed by atoms with Crippen LogP contribution in [0.15, 0.2) is 36.0 Å². The number of aromatic nitrogens is 4. The lowest BCUT2D eigenvalue weighted by atomic mass is 10.1. The van der Waals surface area contributed by atoms with Gasteiger partial charge >= 0.3 is 0 Å². The van der Waals surface area contributed by atoms with Crippen molar-refractivity contribution in [2.45, 2.75) is 13.3 Å². The van der Waals surface area contributed by atoms with Gasteiger partial charge in [-0.2, -0.15) is 0 Å². The Hall–Kier alpha value is -2.01. The summed E-state index contributed by atoms with van der Waals surface area (Å²) in [4.78, 5) is 7.68. The fourth-order valence-corrected chi connectivity index (χ4v) is 2.32. The van der Waals surface area contributed by atoms with Crippen LogP contribution >= 0.6 is 11.3 Å². The van der Waals surface area contributed by atoms with Gasteiger partial charge in [0.1, 0.15) is 11.3 Å². The van der Waals surface area contributed by atoms with E-state index in [0.29, 0.717) is 0 Å². The van der Waals surface area contributed by atoms with Gasteiger partial charge in [-0.1, -0.05) is 36.5 Å². The Labute approximate surface area is 109 Å². The molecule has 0 saturated heterocycles. The summed E-state index contributed by atoms with van der Waals surface area (Å²) in [6, 6.07) is 8.39. The molecule has 2 heterocycles. The lowest BCUT2D eigenvalue weighted by molar-refractivity contribution is 1.09. The first-order chi connectivity index (χ1) is 8.86. The molecule has 1 N–H and O–H groups in total. The smallest absolute Gasteiger partial charge is 0.165 e. The van der Waals surface area contributed by atoms with E-state index in [9.17, 15) is 0 Å². The van der Waals surface area contributed by atoms with Crippen LogP contribution in [-0.2, 0) is 6.42 Å². The molecule has 0 bridgehead atoms. The van der Waals surface area contributed by atoms with E-state index in [2.05, 4.69) is 51.4 Å². The zero-order valence-electron chi connectivity index (χ0n) is 9.92. The second-order valence-electron chi connectivity index (χ2n) is 3.94. The largest absolute Gasteiger partial charge is 0.336 e. The molecule has 0 spiro atoms. The van der Waals surface area contributed by atoms with Crippen molar-refractivity contribution in [2.75, 3.05) is 0 Å². The van der Waals surface area contributed by atoms with E-state index in [1.54, 1.807) is 11.7 Å². The monoisotopic (exact) mass is 256 g/mol. The molecule has 0 aliphatic heterocycles. The zero-order chi connectivity index (χ0) is 12.4. The van der Waals surface area contributed by atoms with Crippen LogP contribution in [-0.4, -0.2) is 20.2 Å². The van der Waals surface area contributed by atoms with Crippen LogP contribution < -0.4 is 0 Å². The molecule has 0 amide bonds. The highest BCUT2D eigenvalue weighted by Crippen LogP contribution is 2.23. The fourth-order valence-electron chi connectivity index (χ4n) is 1.81. The number of benzene rings is 1. The molecule has 18 heavy (non-hydrogen) atoms. The van der Waals surface area contributed by atoms with E-state index < -0.39 is 0 Å². The summed E-state index contributed by atoms with van der Waals surface area (Å²) in [5.41, 5.74) is 5.04. The fraction of sp³-hybridized carbons (Fsp3) is 0.154. The Morgan fingerprint density at radius 1 is 1.33 bits per heavy atom. The third kappa shape index (κ3) is 2.04. The van der Waals surface area contributed by atoms with E-state index in [4.69, 9.17) is 0 Å². The maximum Gasteiger partial charge on any atom is 0.165 e. The van der Waals surface area contributed by atoms with Crippen LogP contribution in [0, 0.1) is 0 Å². The second-order valence-corrected chi connectivity index (χ2v) is 4.78. The molecule has 3 aromatic rings. The third-order valence-corrected chi connectivity index (χ3v) is 3.50. The van der Waals surface area contributed by atoms with Crippen molar-refractivity contribution in [2.24, 2.45) is 0 Å². The zero-order valence-corrected chi connectivity index (χ0v) is 10.7. The SMILES string of the molecule is CCc1cccc(-c2ncc(-c3nncs3)[nH]2)c1. The molecule has 90 valence electrons. The summed E-state index contributed by atoms with van der Waals surface area (Å²) in [6.45, 7) is 2.15. The molecule has 0 aliphatic rings. The highest BCUT2D eigenvalue weighted by Gasteiger charge is 2.07. The van der Waals surface area contributed by atoms with E-state index in [-0.39, 0.29) is 0 Å². The predicted molar refractivity (Wildman–Crippen MR) is 72.3 cm³/mol. The number of nitrogens with one attached hydrogen (secondary N) is 1. The van der Waals surface area contributed by atoms with Crippen LogP contribution in [0.3, 0.4) is 0 Å². The van der Waals surface area contributed by atoms with Crippen molar-refractivity contribution in [1.29, 1.82) is 0 Å². The van der Waals surface area contributed by atoms with Crippen molar-refractivity contribution in [3.8, 4) is 22.1 Å². The van der Waals surface area contributed by atoms with Gasteiger partial charge < -0.3 is 4.98 Å². The summed E-state index contributed by atoms with van der Waals surface area (Å²) in [6.07, 6.45) is 2.83. The van der Waals surface area contributed by atoms with Gasteiger partial charge in [0, 0.05) is 5.56 Å². The average Bonchev–Trinajstić information content (AvgIpc) is 3.09. The van der Waals surface area contributed by atoms with E-state index >= 15 is 0 Å². The molecule has 5 heteroatoms. The van der Waals surface area contributed by atoms with Crippen molar-refractivity contribution < 1.29 is 0 Å². The van der Waals surface area contributed by atoms with Gasteiger partial charge in [-0.05, 0) is 18.1 Å². The maximum atomic E-state index is 4.40. The minimum atomic E-state index is 0.861. The van der Waals surface area contributed by atoms with Crippen molar-refractivity contribution in [1.82, 2.24) is 20.2 Å². The van der Waals surface area contributed by atoms with Crippen LogP contribution in [0.25, 0.3) is 22.1 Å². The minimum Gasteiger partial charge on any atom is -0.336 e. The Morgan fingerprint density at radius 2 is 2.28 bits per heavy atom. The van der Waals surface area contributed by atoms with Gasteiger partial charge in [0.2, 0.25) is 0 Å². The topological polar surface area (TPSA) is 54.5 Å². The number of nitrogens with zero attached hydrogens (tertiary/aromatic N) is 3. The standard InChI is InChI=1S/C13H12N4S/c1-2-9-4-3-5-10(6-9)12-14-7-11(16-12)13-17-15-8-18-13/h3-8H,2H2,1H3,(H,14,16). The molecule has 0 saturated carbocycles. The van der Waals surface area contributed by atoms with Gasteiger partial charge in [0.05, 0.1) is 11.9 Å². The summed E-state index contributed by atoms with van der Waals surface area (Å²) in [7, 11) is 0. The van der Waals surface area contributed by atoms with Crippen molar-refractivity contribution in [3.63, 3.8) is 0 Å². The first-order valence-electron chi connectivity index (χ1n) is 5.77. The first kappa shape index (κ1) is 11.1. The molecular weight excluding hydrogens is 244 g/mol. The Kier molecular flexibility index (Phi) is 2.90. The molecular formula is C13H12N4S.